The van der Waals surface area contributed by atoms with E-state index >= 15 is 0 Å². The molecule has 0 unspecified atom stereocenters. The molecule has 0 bridgehead atoms. The summed E-state index contributed by atoms with van der Waals surface area (Å²) < 4.78 is 4.96. The number of rotatable bonds is 4. The molecule has 1 fully saturated rings. The van der Waals surface area contributed by atoms with Crippen molar-refractivity contribution in [3.63, 3.8) is 0 Å². The fraction of sp³-hybridized carbons (Fsp3) is 0.500. The molecule has 0 aliphatic heterocycles. The highest BCUT2D eigenvalue weighted by Crippen LogP contribution is 2.34. The first-order valence-electron chi connectivity index (χ1n) is 5.64. The van der Waals surface area contributed by atoms with Crippen LogP contribution in [0.1, 0.15) is 24.8 Å². The lowest BCUT2D eigenvalue weighted by Gasteiger charge is -2.38. The molecular weight excluding hydrogens is 220 g/mol. The highest BCUT2D eigenvalue weighted by Gasteiger charge is 2.33. The van der Waals surface area contributed by atoms with E-state index in [0.29, 0.717) is 12.2 Å². The summed E-state index contributed by atoms with van der Waals surface area (Å²) in [4.78, 5) is 10.5. The molecule has 0 heterocycles. The molecule has 17 heavy (non-hydrogen) atoms. The van der Waals surface area contributed by atoms with Gasteiger partial charge in [0.25, 0.3) is 0 Å². The van der Waals surface area contributed by atoms with Crippen LogP contribution >= 0.6 is 0 Å². The molecule has 5 nitrogen and oxygen atoms in total. The van der Waals surface area contributed by atoms with Crippen LogP contribution in [0.4, 0.5) is 5.69 Å². The van der Waals surface area contributed by atoms with Gasteiger partial charge in [-0.1, -0.05) is 6.07 Å². The van der Waals surface area contributed by atoms with E-state index in [9.17, 15) is 10.1 Å². The molecular formula is C12H16N2O3. The minimum Gasteiger partial charge on any atom is -0.490 e. The smallest absolute Gasteiger partial charge is 0.311 e. The normalized spacial score (nSPS) is 17.3. The Balaban J connectivity index is 2.24. The topological polar surface area (TPSA) is 78.4 Å². The van der Waals surface area contributed by atoms with Crippen LogP contribution in [-0.2, 0) is 6.42 Å². The third-order valence-electron chi connectivity index (χ3n) is 3.35. The molecule has 0 saturated heterocycles. The van der Waals surface area contributed by atoms with Crippen molar-refractivity contribution in [2.75, 3.05) is 7.11 Å². The zero-order chi connectivity index (χ0) is 12.5. The number of hydrogen-bond acceptors (Lipinski definition) is 4. The maximum absolute atomic E-state index is 10.9. The summed E-state index contributed by atoms with van der Waals surface area (Å²) in [6.45, 7) is 0. The molecule has 1 aliphatic rings. The molecule has 1 aromatic carbocycles. The molecule has 0 radical (unpaired) electrons. The average Bonchev–Trinajstić information content (AvgIpc) is 2.26. The molecule has 2 rings (SSSR count). The third kappa shape index (κ3) is 2.39. The monoisotopic (exact) mass is 236 g/mol. The van der Waals surface area contributed by atoms with Crippen LogP contribution in [0.2, 0.25) is 0 Å². The fourth-order valence-corrected chi connectivity index (χ4v) is 2.20. The van der Waals surface area contributed by atoms with Gasteiger partial charge in [0.1, 0.15) is 0 Å². The van der Waals surface area contributed by atoms with Gasteiger partial charge >= 0.3 is 5.69 Å². The number of methoxy groups -OCH3 is 1. The molecule has 0 amide bonds. The van der Waals surface area contributed by atoms with Crippen LogP contribution in [0.5, 0.6) is 5.75 Å². The Morgan fingerprint density at radius 2 is 2.24 bits per heavy atom. The summed E-state index contributed by atoms with van der Waals surface area (Å²) in [5.74, 6) is 0.290. The number of benzene rings is 1. The Morgan fingerprint density at radius 1 is 1.53 bits per heavy atom. The Labute approximate surface area is 99.7 Å². The van der Waals surface area contributed by atoms with Gasteiger partial charge < -0.3 is 10.5 Å². The molecule has 1 aromatic rings. The minimum absolute atomic E-state index is 0.00734. The standard InChI is InChI=1S/C12H16N2O3/c1-17-11-4-3-9(7-10(11)14(15)16)8-12(13)5-2-6-12/h3-4,7H,2,5-6,8,13H2,1H3. The number of nitro groups is 1. The van der Waals surface area contributed by atoms with E-state index in [1.807, 2.05) is 6.07 Å². The SMILES string of the molecule is COc1ccc(CC2(N)CCC2)cc1[N+](=O)[O-]. The summed E-state index contributed by atoms with van der Waals surface area (Å²) in [5.41, 5.74) is 6.88. The number of hydrogen-bond donors (Lipinski definition) is 1. The minimum atomic E-state index is -0.424. The lowest BCUT2D eigenvalue weighted by molar-refractivity contribution is -0.385. The van der Waals surface area contributed by atoms with E-state index in [4.69, 9.17) is 10.5 Å². The number of nitro benzene ring substituents is 1. The largest absolute Gasteiger partial charge is 0.490 e. The molecule has 92 valence electrons. The molecule has 2 N–H and O–H groups in total. The maximum atomic E-state index is 10.9. The Bertz CT molecular complexity index is 441. The van der Waals surface area contributed by atoms with E-state index < -0.39 is 4.92 Å². The summed E-state index contributed by atoms with van der Waals surface area (Å²) in [5, 5.41) is 10.9. The first-order chi connectivity index (χ1) is 8.04. The Hall–Kier alpha value is -1.62. The van der Waals surface area contributed by atoms with Gasteiger partial charge in [-0.3, -0.25) is 10.1 Å². The molecule has 0 atom stereocenters. The van der Waals surface area contributed by atoms with E-state index in [0.717, 1.165) is 24.8 Å². The van der Waals surface area contributed by atoms with Crippen molar-refractivity contribution >= 4 is 5.69 Å². The van der Waals surface area contributed by atoms with Gasteiger partial charge in [0.15, 0.2) is 5.75 Å². The Kier molecular flexibility index (Phi) is 3.02. The summed E-state index contributed by atoms with van der Waals surface area (Å²) >= 11 is 0. The van der Waals surface area contributed by atoms with Crippen LogP contribution in [0, 0.1) is 10.1 Å². The van der Waals surface area contributed by atoms with Crippen LogP contribution in [0.3, 0.4) is 0 Å². The van der Waals surface area contributed by atoms with Gasteiger partial charge in [0.2, 0.25) is 0 Å². The fourth-order valence-electron chi connectivity index (χ4n) is 2.20. The Morgan fingerprint density at radius 3 is 2.71 bits per heavy atom. The summed E-state index contributed by atoms with van der Waals surface area (Å²) in [7, 11) is 1.43. The van der Waals surface area contributed by atoms with E-state index in [-0.39, 0.29) is 11.2 Å². The highest BCUT2D eigenvalue weighted by molar-refractivity contribution is 5.49. The second-order valence-corrected chi connectivity index (χ2v) is 4.66. The summed E-state index contributed by atoms with van der Waals surface area (Å²) in [6.07, 6.45) is 3.83. The second kappa shape index (κ2) is 4.33. The van der Waals surface area contributed by atoms with Gasteiger partial charge in [0, 0.05) is 11.6 Å². The van der Waals surface area contributed by atoms with E-state index in [2.05, 4.69) is 0 Å². The first-order valence-corrected chi connectivity index (χ1v) is 5.64. The molecule has 5 heteroatoms. The number of nitrogens with zero attached hydrogens (tertiary/aromatic N) is 1. The predicted molar refractivity (Wildman–Crippen MR) is 64.1 cm³/mol. The van der Waals surface area contributed by atoms with Crippen molar-refractivity contribution in [1.29, 1.82) is 0 Å². The van der Waals surface area contributed by atoms with Crippen LogP contribution < -0.4 is 10.5 Å². The number of ether oxygens (including phenoxy) is 1. The van der Waals surface area contributed by atoms with Crippen molar-refractivity contribution < 1.29 is 9.66 Å². The lowest BCUT2D eigenvalue weighted by atomic mass is 9.74. The van der Waals surface area contributed by atoms with E-state index in [1.165, 1.54) is 7.11 Å². The van der Waals surface area contributed by atoms with Gasteiger partial charge in [-0.2, -0.15) is 0 Å². The van der Waals surface area contributed by atoms with E-state index in [1.54, 1.807) is 12.1 Å². The summed E-state index contributed by atoms with van der Waals surface area (Å²) in [6, 6.07) is 5.04. The molecule has 1 aliphatic carbocycles. The average molecular weight is 236 g/mol. The van der Waals surface area contributed by atoms with Crippen molar-refractivity contribution in [1.82, 2.24) is 0 Å². The van der Waals surface area contributed by atoms with Gasteiger partial charge in [-0.05, 0) is 37.3 Å². The zero-order valence-corrected chi connectivity index (χ0v) is 9.81. The number of nitrogens with two attached hydrogens (primary N) is 1. The van der Waals surface area contributed by atoms with Crippen LogP contribution in [0.25, 0.3) is 0 Å². The van der Waals surface area contributed by atoms with Crippen molar-refractivity contribution in [2.45, 2.75) is 31.2 Å². The highest BCUT2D eigenvalue weighted by atomic mass is 16.6. The van der Waals surface area contributed by atoms with Crippen LogP contribution in [-0.4, -0.2) is 17.6 Å². The zero-order valence-electron chi connectivity index (χ0n) is 9.81. The second-order valence-electron chi connectivity index (χ2n) is 4.66. The van der Waals surface area contributed by atoms with Gasteiger partial charge in [-0.25, -0.2) is 0 Å². The third-order valence-corrected chi connectivity index (χ3v) is 3.35. The van der Waals surface area contributed by atoms with Gasteiger partial charge in [-0.15, -0.1) is 0 Å². The molecule has 0 spiro atoms. The molecule has 1 saturated carbocycles. The van der Waals surface area contributed by atoms with Crippen LogP contribution in [0.15, 0.2) is 18.2 Å². The van der Waals surface area contributed by atoms with Crippen molar-refractivity contribution in [3.05, 3.63) is 33.9 Å². The maximum Gasteiger partial charge on any atom is 0.311 e. The first kappa shape index (κ1) is 11.9. The van der Waals surface area contributed by atoms with Crippen molar-refractivity contribution in [3.8, 4) is 5.75 Å². The predicted octanol–water partition coefficient (Wildman–Crippen LogP) is 2.03. The lowest BCUT2D eigenvalue weighted by Crippen LogP contribution is -2.48. The molecule has 0 aromatic heterocycles. The van der Waals surface area contributed by atoms with Gasteiger partial charge in [0.05, 0.1) is 12.0 Å². The van der Waals surface area contributed by atoms with Crippen molar-refractivity contribution in [2.24, 2.45) is 5.73 Å². The quantitative estimate of drug-likeness (QED) is 0.640.